The molecule has 1 aliphatic rings. The lowest BCUT2D eigenvalue weighted by atomic mass is 10.2. The number of nitrogens with zero attached hydrogens (tertiary/aromatic N) is 4. The molecular formula is C11H13ClN6O2. The number of rotatable bonds is 2. The maximum absolute atomic E-state index is 12.0. The highest BCUT2D eigenvalue weighted by Crippen LogP contribution is 2.26. The Morgan fingerprint density at radius 1 is 1.60 bits per heavy atom. The van der Waals surface area contributed by atoms with E-state index in [0.717, 1.165) is 5.39 Å². The number of fused-ring (bicyclic) bond motifs is 1. The monoisotopic (exact) mass is 296 g/mol. The quantitative estimate of drug-likeness (QED) is 0.755. The molecule has 0 bridgehead atoms. The van der Waals surface area contributed by atoms with Gasteiger partial charge in [-0.25, -0.2) is 0 Å². The molecule has 0 radical (unpaired) electrons. The van der Waals surface area contributed by atoms with E-state index in [0.29, 0.717) is 31.2 Å². The van der Waals surface area contributed by atoms with Crippen molar-refractivity contribution in [2.75, 3.05) is 31.7 Å². The Morgan fingerprint density at radius 3 is 3.25 bits per heavy atom. The number of morpholine rings is 1. The zero-order valence-electron chi connectivity index (χ0n) is 10.8. The highest BCUT2D eigenvalue weighted by Gasteiger charge is 2.31. The summed E-state index contributed by atoms with van der Waals surface area (Å²) in [7, 11) is 1.59. The summed E-state index contributed by atoms with van der Waals surface area (Å²) in [4.78, 5) is 22.2. The van der Waals surface area contributed by atoms with Crippen LogP contribution < -0.4 is 10.2 Å². The van der Waals surface area contributed by atoms with Gasteiger partial charge < -0.3 is 15.0 Å². The summed E-state index contributed by atoms with van der Waals surface area (Å²) in [5.74, 6) is 0.460. The lowest BCUT2D eigenvalue weighted by Crippen LogP contribution is -2.53. The summed E-state index contributed by atoms with van der Waals surface area (Å²) in [6.45, 7) is 1.38. The molecule has 3 heterocycles. The van der Waals surface area contributed by atoms with Gasteiger partial charge in [-0.2, -0.15) is 15.1 Å². The summed E-state index contributed by atoms with van der Waals surface area (Å²) < 4.78 is 5.38. The summed E-state index contributed by atoms with van der Waals surface area (Å²) >= 11 is 5.93. The van der Waals surface area contributed by atoms with Crippen LogP contribution in [-0.2, 0) is 9.53 Å². The first-order chi connectivity index (χ1) is 9.70. The molecule has 1 atom stereocenters. The van der Waals surface area contributed by atoms with Crippen molar-refractivity contribution in [3.8, 4) is 0 Å². The third-order valence-corrected chi connectivity index (χ3v) is 3.38. The van der Waals surface area contributed by atoms with E-state index in [1.165, 1.54) is 0 Å². The molecule has 1 aliphatic heterocycles. The van der Waals surface area contributed by atoms with Gasteiger partial charge in [0.2, 0.25) is 11.2 Å². The molecule has 0 spiro atoms. The molecule has 8 nitrogen and oxygen atoms in total. The average molecular weight is 297 g/mol. The van der Waals surface area contributed by atoms with Crippen LogP contribution in [0.1, 0.15) is 0 Å². The number of ether oxygens (including phenoxy) is 1. The summed E-state index contributed by atoms with van der Waals surface area (Å²) in [5.41, 5.74) is 0.544. The van der Waals surface area contributed by atoms with Crippen LogP contribution in [0.2, 0.25) is 5.28 Å². The second-order valence-electron chi connectivity index (χ2n) is 4.35. The number of H-pyrrole nitrogens is 1. The van der Waals surface area contributed by atoms with Crippen LogP contribution >= 0.6 is 11.6 Å². The van der Waals surface area contributed by atoms with E-state index in [1.807, 2.05) is 4.90 Å². The van der Waals surface area contributed by atoms with Crippen molar-refractivity contribution >= 4 is 34.4 Å². The van der Waals surface area contributed by atoms with Gasteiger partial charge in [0.1, 0.15) is 11.9 Å². The van der Waals surface area contributed by atoms with Gasteiger partial charge in [-0.3, -0.25) is 9.89 Å². The van der Waals surface area contributed by atoms with Crippen LogP contribution in [0.4, 0.5) is 5.82 Å². The van der Waals surface area contributed by atoms with Crippen molar-refractivity contribution in [2.45, 2.75) is 6.04 Å². The normalized spacial score (nSPS) is 19.3. The van der Waals surface area contributed by atoms with Crippen LogP contribution in [0.25, 0.3) is 11.0 Å². The highest BCUT2D eigenvalue weighted by atomic mass is 35.5. The fourth-order valence-corrected chi connectivity index (χ4v) is 2.42. The molecule has 9 heteroatoms. The minimum atomic E-state index is -0.446. The molecule has 106 valence electrons. The summed E-state index contributed by atoms with van der Waals surface area (Å²) in [6.07, 6.45) is 1.62. The van der Waals surface area contributed by atoms with E-state index >= 15 is 0 Å². The molecule has 20 heavy (non-hydrogen) atoms. The fourth-order valence-electron chi connectivity index (χ4n) is 2.25. The number of anilines is 1. The van der Waals surface area contributed by atoms with Gasteiger partial charge in [0, 0.05) is 13.6 Å². The maximum atomic E-state index is 12.0. The zero-order chi connectivity index (χ0) is 14.1. The maximum Gasteiger partial charge on any atom is 0.244 e. The van der Waals surface area contributed by atoms with E-state index in [4.69, 9.17) is 16.3 Å². The van der Waals surface area contributed by atoms with E-state index in [9.17, 15) is 4.79 Å². The number of aromatic nitrogens is 4. The van der Waals surface area contributed by atoms with Crippen LogP contribution in [0, 0.1) is 0 Å². The molecule has 0 aromatic carbocycles. The number of amides is 1. The Hall–Kier alpha value is -1.93. The number of carbonyl (C=O) groups is 1. The van der Waals surface area contributed by atoms with E-state index in [1.54, 1.807) is 13.2 Å². The first kappa shape index (κ1) is 13.1. The predicted molar refractivity (Wildman–Crippen MR) is 72.7 cm³/mol. The van der Waals surface area contributed by atoms with Gasteiger partial charge in [0.05, 0.1) is 24.8 Å². The molecule has 3 rings (SSSR count). The molecule has 1 amide bonds. The number of carbonyl (C=O) groups excluding carboxylic acids is 1. The van der Waals surface area contributed by atoms with Crippen LogP contribution in [0.15, 0.2) is 6.20 Å². The van der Waals surface area contributed by atoms with Crippen molar-refractivity contribution in [1.29, 1.82) is 0 Å². The van der Waals surface area contributed by atoms with Gasteiger partial charge in [-0.15, -0.1) is 0 Å². The molecule has 1 saturated heterocycles. The van der Waals surface area contributed by atoms with E-state index < -0.39 is 6.04 Å². The van der Waals surface area contributed by atoms with Gasteiger partial charge in [0.15, 0.2) is 5.65 Å². The SMILES string of the molecule is CNC(=O)C1COCCN1c1nc(Cl)nc2[nH]ncc12. The first-order valence-electron chi connectivity index (χ1n) is 6.13. The summed E-state index contributed by atoms with van der Waals surface area (Å²) in [6, 6.07) is -0.446. The second-order valence-corrected chi connectivity index (χ2v) is 4.68. The number of halogens is 1. The second kappa shape index (κ2) is 5.22. The third-order valence-electron chi connectivity index (χ3n) is 3.21. The van der Waals surface area contributed by atoms with E-state index in [2.05, 4.69) is 25.5 Å². The van der Waals surface area contributed by atoms with Crippen LogP contribution in [0.3, 0.4) is 0 Å². The fraction of sp³-hybridized carbons (Fsp3) is 0.455. The van der Waals surface area contributed by atoms with Crippen molar-refractivity contribution in [2.24, 2.45) is 0 Å². The van der Waals surface area contributed by atoms with Crippen molar-refractivity contribution < 1.29 is 9.53 Å². The number of aromatic amines is 1. The molecule has 1 fully saturated rings. The molecular weight excluding hydrogens is 284 g/mol. The van der Waals surface area contributed by atoms with Crippen molar-refractivity contribution in [3.63, 3.8) is 0 Å². The summed E-state index contributed by atoms with van der Waals surface area (Å²) in [5, 5.41) is 10.2. The Balaban J connectivity index is 2.07. The minimum absolute atomic E-state index is 0.110. The highest BCUT2D eigenvalue weighted by molar-refractivity contribution is 6.28. The number of likely N-dealkylation sites (N-methyl/N-ethyl adjacent to an activating group) is 1. The molecule has 0 saturated carbocycles. The third kappa shape index (κ3) is 2.16. The largest absolute Gasteiger partial charge is 0.377 e. The lowest BCUT2D eigenvalue weighted by molar-refractivity contribution is -0.124. The van der Waals surface area contributed by atoms with Gasteiger partial charge in [-0.1, -0.05) is 0 Å². The predicted octanol–water partition coefficient (Wildman–Crippen LogP) is -0.0425. The van der Waals surface area contributed by atoms with Gasteiger partial charge >= 0.3 is 0 Å². The Labute approximate surface area is 119 Å². The van der Waals surface area contributed by atoms with E-state index in [-0.39, 0.29) is 11.2 Å². The lowest BCUT2D eigenvalue weighted by Gasteiger charge is -2.35. The average Bonchev–Trinajstić information content (AvgIpc) is 2.93. The first-order valence-corrected chi connectivity index (χ1v) is 6.51. The standard InChI is InChI=1S/C11H13ClN6O2/c1-13-10(19)7-5-20-3-2-18(7)9-6-4-14-17-8(6)15-11(12)16-9/h4,7H,2-3,5H2,1H3,(H,13,19)(H,14,15,16,17). The van der Waals surface area contributed by atoms with Gasteiger partial charge in [-0.05, 0) is 11.6 Å². The van der Waals surface area contributed by atoms with Crippen LogP contribution in [-0.4, -0.2) is 58.9 Å². The number of nitrogens with one attached hydrogen (secondary N) is 2. The molecule has 2 aromatic rings. The Morgan fingerprint density at radius 2 is 2.45 bits per heavy atom. The zero-order valence-corrected chi connectivity index (χ0v) is 11.5. The smallest absolute Gasteiger partial charge is 0.244 e. The molecule has 2 N–H and O–H groups in total. The number of hydrogen-bond donors (Lipinski definition) is 2. The van der Waals surface area contributed by atoms with Crippen LogP contribution in [0.5, 0.6) is 0 Å². The molecule has 1 unspecified atom stereocenters. The minimum Gasteiger partial charge on any atom is -0.377 e. The molecule has 2 aromatic heterocycles. The molecule has 0 aliphatic carbocycles. The van der Waals surface area contributed by atoms with Crippen molar-refractivity contribution in [1.82, 2.24) is 25.5 Å². The topological polar surface area (TPSA) is 96.0 Å². The number of hydrogen-bond acceptors (Lipinski definition) is 6. The van der Waals surface area contributed by atoms with Crippen molar-refractivity contribution in [3.05, 3.63) is 11.5 Å². The Bertz CT molecular complexity index is 645. The van der Waals surface area contributed by atoms with Gasteiger partial charge in [0.25, 0.3) is 0 Å². The Kier molecular flexibility index (Phi) is 3.41.